The van der Waals surface area contributed by atoms with E-state index in [9.17, 15) is 0 Å². The molecule has 3 aromatic carbocycles. The number of nitrogens with zero attached hydrogens (tertiary/aromatic N) is 4. The third-order valence-corrected chi connectivity index (χ3v) is 5.98. The second-order valence-electron chi connectivity index (χ2n) is 7.23. The molecule has 0 bridgehead atoms. The quantitative estimate of drug-likeness (QED) is 0.351. The minimum absolute atomic E-state index is 0.448. The van der Waals surface area contributed by atoms with Gasteiger partial charge in [-0.3, -0.25) is 0 Å². The number of hydrogen-bond acceptors (Lipinski definition) is 6. The van der Waals surface area contributed by atoms with Crippen LogP contribution in [0, 0.1) is 0 Å². The van der Waals surface area contributed by atoms with Crippen LogP contribution in [0.2, 0.25) is 0 Å². The largest absolute Gasteiger partial charge is 0.457 e. The van der Waals surface area contributed by atoms with E-state index >= 15 is 0 Å². The van der Waals surface area contributed by atoms with Crippen molar-refractivity contribution in [1.29, 1.82) is 0 Å². The number of nitrogens with two attached hydrogens (primary N) is 1. The molecule has 0 unspecified atom stereocenters. The number of nitrogen functional groups attached to an aromatic ring is 1. The summed E-state index contributed by atoms with van der Waals surface area (Å²) < 4.78 is 7.46. The average molecular weight is 440 g/mol. The third kappa shape index (κ3) is 3.98. The molecule has 0 aliphatic rings. The highest BCUT2D eigenvalue weighted by Gasteiger charge is 2.17. The molecule has 32 heavy (non-hydrogen) atoms. The van der Waals surface area contributed by atoms with E-state index in [1.54, 1.807) is 4.68 Å². The lowest BCUT2D eigenvalue weighted by molar-refractivity contribution is 0.482. The molecule has 0 aliphatic heterocycles. The molecule has 0 saturated carbocycles. The summed E-state index contributed by atoms with van der Waals surface area (Å²) in [6, 6.07) is 25.7. The SMILES string of the molecule is CCc1ccc(-c2csc(-c3nnn(-c4ccc(Oc5ccccc5)cc4)c3N)n2)cc1. The number of aryl methyl sites for hydroxylation is 1. The lowest BCUT2D eigenvalue weighted by Crippen LogP contribution is -2.02. The van der Waals surface area contributed by atoms with Crippen molar-refractivity contribution in [1.82, 2.24) is 20.0 Å². The van der Waals surface area contributed by atoms with E-state index in [1.165, 1.54) is 16.9 Å². The average Bonchev–Trinajstić information content (AvgIpc) is 3.47. The van der Waals surface area contributed by atoms with E-state index in [0.29, 0.717) is 11.5 Å². The number of thiazole rings is 1. The van der Waals surface area contributed by atoms with E-state index < -0.39 is 0 Å². The smallest absolute Gasteiger partial charge is 0.165 e. The van der Waals surface area contributed by atoms with Crippen molar-refractivity contribution in [2.24, 2.45) is 0 Å². The lowest BCUT2D eigenvalue weighted by atomic mass is 10.1. The zero-order chi connectivity index (χ0) is 21.9. The monoisotopic (exact) mass is 439 g/mol. The van der Waals surface area contributed by atoms with E-state index in [2.05, 4.69) is 41.5 Å². The van der Waals surface area contributed by atoms with Crippen molar-refractivity contribution < 1.29 is 4.74 Å². The molecule has 7 heteroatoms. The lowest BCUT2D eigenvalue weighted by Gasteiger charge is -2.07. The van der Waals surface area contributed by atoms with Crippen molar-refractivity contribution in [2.45, 2.75) is 13.3 Å². The normalized spacial score (nSPS) is 10.9. The van der Waals surface area contributed by atoms with Crippen molar-refractivity contribution in [3.63, 3.8) is 0 Å². The van der Waals surface area contributed by atoms with Gasteiger partial charge in [0, 0.05) is 10.9 Å². The second kappa shape index (κ2) is 8.64. The maximum Gasteiger partial charge on any atom is 0.165 e. The van der Waals surface area contributed by atoms with Crippen LogP contribution in [0.25, 0.3) is 27.6 Å². The minimum Gasteiger partial charge on any atom is -0.457 e. The highest BCUT2D eigenvalue weighted by molar-refractivity contribution is 7.13. The summed E-state index contributed by atoms with van der Waals surface area (Å²) in [6.45, 7) is 2.14. The Kier molecular flexibility index (Phi) is 5.39. The van der Waals surface area contributed by atoms with Gasteiger partial charge in [-0.25, -0.2) is 4.98 Å². The predicted octanol–water partition coefficient (Wildman–Crippen LogP) is 5.99. The Morgan fingerprint density at radius 3 is 2.34 bits per heavy atom. The number of ether oxygens (including phenoxy) is 1. The molecule has 0 saturated heterocycles. The van der Waals surface area contributed by atoms with Crippen molar-refractivity contribution in [3.8, 4) is 39.1 Å². The van der Waals surface area contributed by atoms with E-state index in [4.69, 9.17) is 15.5 Å². The Labute approximate surface area is 189 Å². The maximum atomic E-state index is 6.39. The summed E-state index contributed by atoms with van der Waals surface area (Å²) in [5.41, 5.74) is 11.1. The summed E-state index contributed by atoms with van der Waals surface area (Å²) in [6.07, 6.45) is 1.02. The highest BCUT2D eigenvalue weighted by atomic mass is 32.1. The molecule has 2 aromatic heterocycles. The Hall–Kier alpha value is -3.97. The molecule has 0 radical (unpaired) electrons. The first-order valence-corrected chi connectivity index (χ1v) is 11.2. The summed E-state index contributed by atoms with van der Waals surface area (Å²) >= 11 is 1.51. The summed E-state index contributed by atoms with van der Waals surface area (Å²) in [7, 11) is 0. The Morgan fingerprint density at radius 1 is 0.906 bits per heavy atom. The highest BCUT2D eigenvalue weighted by Crippen LogP contribution is 2.32. The Morgan fingerprint density at radius 2 is 1.62 bits per heavy atom. The summed E-state index contributed by atoms with van der Waals surface area (Å²) in [5, 5.41) is 11.3. The molecule has 158 valence electrons. The van der Waals surface area contributed by atoms with Crippen LogP contribution < -0.4 is 10.5 Å². The van der Waals surface area contributed by atoms with Gasteiger partial charge in [-0.05, 0) is 48.4 Å². The van der Waals surface area contributed by atoms with Crippen LogP contribution in [-0.2, 0) is 6.42 Å². The molecule has 0 aliphatic carbocycles. The molecular formula is C25H21N5OS. The molecule has 0 amide bonds. The van der Waals surface area contributed by atoms with Gasteiger partial charge in [0.2, 0.25) is 0 Å². The van der Waals surface area contributed by atoms with Crippen molar-refractivity contribution in [3.05, 3.63) is 89.8 Å². The number of benzene rings is 3. The van der Waals surface area contributed by atoms with Crippen LogP contribution in [0.5, 0.6) is 11.5 Å². The van der Waals surface area contributed by atoms with Gasteiger partial charge >= 0.3 is 0 Å². The van der Waals surface area contributed by atoms with Crippen LogP contribution in [-0.4, -0.2) is 20.0 Å². The van der Waals surface area contributed by atoms with Crippen LogP contribution in [0.1, 0.15) is 12.5 Å². The van der Waals surface area contributed by atoms with E-state index in [1.807, 2.05) is 60.0 Å². The fraction of sp³-hybridized carbons (Fsp3) is 0.0800. The molecule has 2 N–H and O–H groups in total. The van der Waals surface area contributed by atoms with Gasteiger partial charge in [0.25, 0.3) is 0 Å². The van der Waals surface area contributed by atoms with Crippen LogP contribution in [0.4, 0.5) is 5.82 Å². The van der Waals surface area contributed by atoms with Crippen molar-refractivity contribution >= 4 is 17.2 Å². The standard InChI is InChI=1S/C25H21N5OS/c1-2-17-8-10-18(11-9-17)22-16-32-25(27-22)23-24(26)30(29-28-23)19-12-14-21(15-13-19)31-20-6-4-3-5-7-20/h3-16H,2,26H2,1H3. The number of hydrogen-bond donors (Lipinski definition) is 1. The predicted molar refractivity (Wildman–Crippen MR) is 128 cm³/mol. The van der Waals surface area contributed by atoms with Gasteiger partial charge in [0.15, 0.2) is 11.5 Å². The second-order valence-corrected chi connectivity index (χ2v) is 8.09. The molecule has 0 atom stereocenters. The van der Waals surface area contributed by atoms with Gasteiger partial charge in [0.1, 0.15) is 16.5 Å². The van der Waals surface area contributed by atoms with Gasteiger partial charge < -0.3 is 10.5 Å². The summed E-state index contributed by atoms with van der Waals surface area (Å²) in [5.74, 6) is 1.97. The number of para-hydroxylation sites is 1. The minimum atomic E-state index is 0.448. The van der Waals surface area contributed by atoms with Gasteiger partial charge in [0.05, 0.1) is 11.4 Å². The van der Waals surface area contributed by atoms with Crippen LogP contribution >= 0.6 is 11.3 Å². The molecule has 0 spiro atoms. The number of anilines is 1. The fourth-order valence-corrected chi connectivity index (χ4v) is 4.16. The summed E-state index contributed by atoms with van der Waals surface area (Å²) in [4.78, 5) is 4.74. The molecule has 6 nitrogen and oxygen atoms in total. The van der Waals surface area contributed by atoms with Gasteiger partial charge in [-0.1, -0.05) is 54.6 Å². The zero-order valence-electron chi connectivity index (χ0n) is 17.5. The van der Waals surface area contributed by atoms with Crippen LogP contribution in [0.3, 0.4) is 0 Å². The first-order chi connectivity index (χ1) is 15.7. The topological polar surface area (TPSA) is 78.8 Å². The number of aromatic nitrogens is 4. The Bertz CT molecular complexity index is 1330. The van der Waals surface area contributed by atoms with Crippen molar-refractivity contribution in [2.75, 3.05) is 5.73 Å². The fourth-order valence-electron chi connectivity index (χ4n) is 3.34. The Balaban J connectivity index is 1.37. The first kappa shape index (κ1) is 20.0. The number of rotatable bonds is 6. The zero-order valence-corrected chi connectivity index (χ0v) is 18.3. The first-order valence-electron chi connectivity index (χ1n) is 10.3. The maximum absolute atomic E-state index is 6.39. The molecular weight excluding hydrogens is 418 g/mol. The van der Waals surface area contributed by atoms with E-state index in [0.717, 1.165) is 39.9 Å². The molecule has 2 heterocycles. The molecule has 5 rings (SSSR count). The van der Waals surface area contributed by atoms with Gasteiger partial charge in [-0.2, -0.15) is 4.68 Å². The van der Waals surface area contributed by atoms with Crippen LogP contribution in [0.15, 0.2) is 84.2 Å². The molecule has 5 aromatic rings. The third-order valence-electron chi connectivity index (χ3n) is 5.13. The molecule has 0 fully saturated rings. The van der Waals surface area contributed by atoms with E-state index in [-0.39, 0.29) is 0 Å². The van der Waals surface area contributed by atoms with Gasteiger partial charge in [-0.15, -0.1) is 16.4 Å².